The number of nitrogens with one attached hydrogen (secondary N) is 2. The van der Waals surface area contributed by atoms with Crippen LogP contribution in [0.15, 0.2) is 23.1 Å². The third-order valence-corrected chi connectivity index (χ3v) is 6.95. The monoisotopic (exact) mass is 379 g/mol. The van der Waals surface area contributed by atoms with Crippen molar-refractivity contribution in [3.8, 4) is 5.75 Å². The van der Waals surface area contributed by atoms with Gasteiger partial charge in [-0.2, -0.15) is 0 Å². The summed E-state index contributed by atoms with van der Waals surface area (Å²) in [7, 11) is -2.27. The Labute approximate surface area is 154 Å². The molecule has 26 heavy (non-hydrogen) atoms. The molecule has 2 unspecified atom stereocenters. The van der Waals surface area contributed by atoms with E-state index in [1.165, 1.54) is 19.6 Å². The first-order valence-corrected chi connectivity index (χ1v) is 10.7. The van der Waals surface area contributed by atoms with Gasteiger partial charge in [-0.1, -0.05) is 0 Å². The molecule has 1 aliphatic carbocycles. The summed E-state index contributed by atoms with van der Waals surface area (Å²) >= 11 is 0. The van der Waals surface area contributed by atoms with E-state index in [0.717, 1.165) is 25.7 Å². The molecule has 1 amide bonds. The number of rotatable bonds is 5. The van der Waals surface area contributed by atoms with Crippen LogP contribution in [-0.4, -0.2) is 57.5 Å². The zero-order valence-corrected chi connectivity index (χ0v) is 15.7. The van der Waals surface area contributed by atoms with Crippen LogP contribution in [0.25, 0.3) is 0 Å². The number of nitrogens with zero attached hydrogens (tertiary/aromatic N) is 1. The quantitative estimate of drug-likeness (QED) is 0.800. The number of carbonyl (C=O) groups excluding carboxylic acids is 1. The number of amides is 1. The van der Waals surface area contributed by atoms with E-state index in [9.17, 15) is 13.2 Å². The maximum Gasteiger partial charge on any atom is 0.253 e. The van der Waals surface area contributed by atoms with Crippen molar-refractivity contribution in [2.75, 3.05) is 20.2 Å². The van der Waals surface area contributed by atoms with Crippen LogP contribution in [0.4, 0.5) is 0 Å². The van der Waals surface area contributed by atoms with E-state index in [1.807, 2.05) is 4.90 Å². The summed E-state index contributed by atoms with van der Waals surface area (Å²) in [6, 6.07) is 5.49. The van der Waals surface area contributed by atoms with Gasteiger partial charge in [-0.15, -0.1) is 0 Å². The summed E-state index contributed by atoms with van der Waals surface area (Å²) in [6.45, 7) is 1.37. The summed E-state index contributed by atoms with van der Waals surface area (Å²) in [5, 5.41) is 3.55. The maximum absolute atomic E-state index is 13.0. The molecule has 2 aliphatic heterocycles. The lowest BCUT2D eigenvalue weighted by atomic mass is 10.1. The predicted octanol–water partition coefficient (Wildman–Crippen LogP) is 1.10. The van der Waals surface area contributed by atoms with Crippen molar-refractivity contribution >= 4 is 15.9 Å². The second-order valence-corrected chi connectivity index (χ2v) is 9.12. The van der Waals surface area contributed by atoms with Crippen molar-refractivity contribution in [1.82, 2.24) is 14.9 Å². The summed E-state index contributed by atoms with van der Waals surface area (Å²) < 4.78 is 33.2. The van der Waals surface area contributed by atoms with E-state index in [1.54, 1.807) is 12.1 Å². The van der Waals surface area contributed by atoms with Crippen LogP contribution in [0, 0.1) is 0 Å². The Bertz CT molecular complexity index is 807. The van der Waals surface area contributed by atoms with Crippen molar-refractivity contribution in [2.45, 2.75) is 55.1 Å². The van der Waals surface area contributed by atoms with Crippen LogP contribution in [0.2, 0.25) is 0 Å². The van der Waals surface area contributed by atoms with E-state index in [0.29, 0.717) is 30.7 Å². The summed E-state index contributed by atoms with van der Waals surface area (Å²) in [5.74, 6) is 0.135. The molecule has 3 fully saturated rings. The number of carbonyl (C=O) groups is 1. The number of methoxy groups -OCH3 is 1. The van der Waals surface area contributed by atoms with Crippen molar-refractivity contribution in [3.63, 3.8) is 0 Å². The minimum atomic E-state index is -3.70. The van der Waals surface area contributed by atoms with Crippen LogP contribution in [0.3, 0.4) is 0 Å². The zero-order valence-electron chi connectivity index (χ0n) is 14.9. The molecule has 2 heterocycles. The highest BCUT2D eigenvalue weighted by Gasteiger charge is 2.33. The highest BCUT2D eigenvalue weighted by atomic mass is 32.2. The largest absolute Gasteiger partial charge is 0.495 e. The third kappa shape index (κ3) is 3.58. The van der Waals surface area contributed by atoms with E-state index < -0.39 is 10.0 Å². The average molecular weight is 379 g/mol. The van der Waals surface area contributed by atoms with Gasteiger partial charge >= 0.3 is 0 Å². The minimum Gasteiger partial charge on any atom is -0.495 e. The fourth-order valence-corrected chi connectivity index (χ4v) is 5.31. The number of benzene rings is 1. The lowest BCUT2D eigenvalue weighted by Crippen LogP contribution is -2.39. The minimum absolute atomic E-state index is 0.00343. The van der Waals surface area contributed by atoms with Gasteiger partial charge < -0.3 is 15.0 Å². The summed E-state index contributed by atoms with van der Waals surface area (Å²) in [6.07, 6.45) is 4.90. The highest BCUT2D eigenvalue weighted by molar-refractivity contribution is 7.89. The Hall–Kier alpha value is -1.64. The molecule has 3 aliphatic rings. The van der Waals surface area contributed by atoms with Crippen LogP contribution < -0.4 is 14.8 Å². The van der Waals surface area contributed by atoms with Crippen molar-refractivity contribution in [3.05, 3.63) is 23.8 Å². The molecule has 0 aromatic heterocycles. The van der Waals surface area contributed by atoms with Crippen LogP contribution >= 0.6 is 0 Å². The lowest BCUT2D eigenvalue weighted by molar-refractivity contribution is 0.0748. The molecule has 2 bridgehead atoms. The van der Waals surface area contributed by atoms with E-state index in [4.69, 9.17) is 4.74 Å². The molecule has 1 aromatic rings. The Balaban J connectivity index is 1.60. The van der Waals surface area contributed by atoms with E-state index in [2.05, 4.69) is 10.0 Å². The fourth-order valence-electron chi connectivity index (χ4n) is 3.81. The van der Waals surface area contributed by atoms with E-state index >= 15 is 0 Å². The van der Waals surface area contributed by atoms with Gasteiger partial charge in [-0.25, -0.2) is 13.1 Å². The second kappa shape index (κ2) is 6.83. The first-order chi connectivity index (χ1) is 12.5. The molecule has 4 rings (SSSR count). The Morgan fingerprint density at radius 2 is 1.96 bits per heavy atom. The number of sulfonamides is 1. The number of fused-ring (bicyclic) bond motifs is 2. The smallest absolute Gasteiger partial charge is 0.253 e. The highest BCUT2D eigenvalue weighted by Crippen LogP contribution is 2.29. The molecule has 142 valence electrons. The van der Waals surface area contributed by atoms with Gasteiger partial charge in [0.2, 0.25) is 10.0 Å². The molecular formula is C18H25N3O4S. The molecule has 1 aromatic carbocycles. The number of hydrogen-bond acceptors (Lipinski definition) is 5. The molecule has 2 N–H and O–H groups in total. The third-order valence-electron chi connectivity index (χ3n) is 5.41. The number of ether oxygens (including phenoxy) is 1. The average Bonchev–Trinajstić information content (AvgIpc) is 3.34. The van der Waals surface area contributed by atoms with Crippen LogP contribution in [-0.2, 0) is 10.0 Å². The molecule has 8 heteroatoms. The second-order valence-electron chi connectivity index (χ2n) is 7.44. The molecule has 1 saturated carbocycles. The predicted molar refractivity (Wildman–Crippen MR) is 96.8 cm³/mol. The van der Waals surface area contributed by atoms with Gasteiger partial charge in [0.05, 0.1) is 7.11 Å². The molecule has 2 atom stereocenters. The molecule has 7 nitrogen and oxygen atoms in total. The van der Waals surface area contributed by atoms with Gasteiger partial charge in [-0.05, 0) is 50.3 Å². The standard InChI is InChI=1S/C18H25N3O4S/c1-25-16-7-2-12(10-17(16)26(23,24)20-14-4-5-14)18(22)21-9-8-13-3-6-15(11-21)19-13/h2,7,10,13-15,19-20H,3-6,8-9,11H2,1H3. The first kappa shape index (κ1) is 17.8. The SMILES string of the molecule is COc1ccc(C(=O)N2CCC3CCC(C2)N3)cc1S(=O)(=O)NC1CC1. The fraction of sp³-hybridized carbons (Fsp3) is 0.611. The van der Waals surface area contributed by atoms with Gasteiger partial charge in [0.25, 0.3) is 5.91 Å². The van der Waals surface area contributed by atoms with Gasteiger partial charge in [-0.3, -0.25) is 4.79 Å². The van der Waals surface area contributed by atoms with Crippen LogP contribution in [0.5, 0.6) is 5.75 Å². The molecular weight excluding hydrogens is 354 g/mol. The van der Waals surface area contributed by atoms with Crippen molar-refractivity contribution < 1.29 is 17.9 Å². The first-order valence-electron chi connectivity index (χ1n) is 9.22. The van der Waals surface area contributed by atoms with Crippen molar-refractivity contribution in [1.29, 1.82) is 0 Å². The van der Waals surface area contributed by atoms with E-state index in [-0.39, 0.29) is 22.6 Å². The molecule has 0 radical (unpaired) electrons. The number of hydrogen-bond donors (Lipinski definition) is 2. The normalized spacial score (nSPS) is 25.8. The molecule has 0 spiro atoms. The van der Waals surface area contributed by atoms with Crippen molar-refractivity contribution in [2.24, 2.45) is 0 Å². The van der Waals surface area contributed by atoms with Crippen LogP contribution in [0.1, 0.15) is 42.5 Å². The molecule has 2 saturated heterocycles. The van der Waals surface area contributed by atoms with Gasteiger partial charge in [0.1, 0.15) is 10.6 Å². The Morgan fingerprint density at radius 1 is 1.19 bits per heavy atom. The summed E-state index contributed by atoms with van der Waals surface area (Å²) in [5.41, 5.74) is 0.389. The maximum atomic E-state index is 13.0. The lowest BCUT2D eigenvalue weighted by Gasteiger charge is -2.24. The Kier molecular flexibility index (Phi) is 4.66. The summed E-state index contributed by atoms with van der Waals surface area (Å²) in [4.78, 5) is 14.9. The zero-order chi connectivity index (χ0) is 18.3. The van der Waals surface area contributed by atoms with Gasteiger partial charge in [0.15, 0.2) is 0 Å². The Morgan fingerprint density at radius 3 is 2.69 bits per heavy atom. The van der Waals surface area contributed by atoms with Gasteiger partial charge in [0, 0.05) is 36.8 Å². The topological polar surface area (TPSA) is 87.7 Å². The number of likely N-dealkylation sites (tertiary alicyclic amines) is 1.